The Hall–Kier alpha value is -0.0800. The van der Waals surface area contributed by atoms with Crippen LogP contribution in [0.3, 0.4) is 0 Å². The van der Waals surface area contributed by atoms with Crippen LogP contribution in [-0.2, 0) is 0 Å². The molecule has 3 atom stereocenters. The topological polar surface area (TPSA) is 15.3 Å². The minimum Gasteiger partial charge on any atom is -0.305 e. The second-order valence-electron chi connectivity index (χ2n) is 3.67. The van der Waals surface area contributed by atoms with E-state index in [9.17, 15) is 0 Å². The Morgan fingerprint density at radius 2 is 2.00 bits per heavy atom. The van der Waals surface area contributed by atoms with E-state index in [4.69, 9.17) is 0 Å². The molecule has 2 rings (SSSR count). The number of hydrogen-bond acceptors (Lipinski definition) is 2. The number of hydrogen-bond donors (Lipinski definition) is 1. The molecule has 2 nitrogen and oxygen atoms in total. The Labute approximate surface area is 62.6 Å². The van der Waals surface area contributed by atoms with Crippen molar-refractivity contribution in [2.75, 3.05) is 20.1 Å². The molecule has 0 aromatic carbocycles. The second kappa shape index (κ2) is 2.21. The number of likely N-dealkylation sites (tertiary alicyclic amines) is 1. The van der Waals surface area contributed by atoms with Crippen LogP contribution in [-0.4, -0.2) is 31.2 Å². The molecular formula is C8H16N2. The van der Waals surface area contributed by atoms with Gasteiger partial charge in [0.05, 0.1) is 6.17 Å². The predicted molar refractivity (Wildman–Crippen MR) is 41.7 cm³/mol. The summed E-state index contributed by atoms with van der Waals surface area (Å²) < 4.78 is 0. The maximum absolute atomic E-state index is 3.27. The number of nitrogens with one attached hydrogen (secondary N) is 1. The van der Waals surface area contributed by atoms with Crippen LogP contribution in [0.1, 0.15) is 13.3 Å². The molecule has 0 spiro atoms. The molecule has 1 aliphatic carbocycles. The van der Waals surface area contributed by atoms with Crippen molar-refractivity contribution in [1.82, 2.24) is 10.2 Å². The standard InChI is InChI=1S/C8H16N2/c1-6(9-2)10-4-7-3-8(7)5-10/h6-9H,3-5H2,1-2H3. The Balaban J connectivity index is 1.84. The first kappa shape index (κ1) is 6.62. The zero-order valence-corrected chi connectivity index (χ0v) is 6.80. The van der Waals surface area contributed by atoms with E-state index in [0.717, 1.165) is 11.8 Å². The van der Waals surface area contributed by atoms with Gasteiger partial charge in [-0.05, 0) is 32.2 Å². The zero-order valence-electron chi connectivity index (χ0n) is 6.80. The molecule has 58 valence electrons. The van der Waals surface area contributed by atoms with Gasteiger partial charge in [-0.1, -0.05) is 0 Å². The molecule has 3 unspecified atom stereocenters. The Morgan fingerprint density at radius 1 is 1.40 bits per heavy atom. The van der Waals surface area contributed by atoms with Crippen LogP contribution in [0.4, 0.5) is 0 Å². The molecule has 0 bridgehead atoms. The van der Waals surface area contributed by atoms with Gasteiger partial charge in [0.25, 0.3) is 0 Å². The molecule has 1 saturated heterocycles. The van der Waals surface area contributed by atoms with E-state index in [1.54, 1.807) is 0 Å². The summed E-state index contributed by atoms with van der Waals surface area (Å²) in [5.41, 5.74) is 0. The summed E-state index contributed by atoms with van der Waals surface area (Å²) in [5, 5.41) is 3.27. The van der Waals surface area contributed by atoms with Crippen LogP contribution >= 0.6 is 0 Å². The molecule has 2 heteroatoms. The first-order valence-corrected chi connectivity index (χ1v) is 4.22. The molecule has 0 aromatic rings. The van der Waals surface area contributed by atoms with E-state index < -0.39 is 0 Å². The van der Waals surface area contributed by atoms with Crippen molar-refractivity contribution >= 4 is 0 Å². The molecule has 1 saturated carbocycles. The Morgan fingerprint density at radius 3 is 2.50 bits per heavy atom. The van der Waals surface area contributed by atoms with Crippen molar-refractivity contribution in [1.29, 1.82) is 0 Å². The molecule has 1 heterocycles. The van der Waals surface area contributed by atoms with E-state index in [1.807, 2.05) is 7.05 Å². The highest BCUT2D eigenvalue weighted by atomic mass is 15.3. The van der Waals surface area contributed by atoms with Gasteiger partial charge < -0.3 is 5.32 Å². The monoisotopic (exact) mass is 140 g/mol. The molecule has 2 fully saturated rings. The lowest BCUT2D eigenvalue weighted by atomic mass is 10.4. The first-order chi connectivity index (χ1) is 4.81. The van der Waals surface area contributed by atoms with Gasteiger partial charge in [0.1, 0.15) is 0 Å². The van der Waals surface area contributed by atoms with E-state index in [1.165, 1.54) is 19.5 Å². The molecule has 0 amide bonds. The van der Waals surface area contributed by atoms with Crippen molar-refractivity contribution in [2.45, 2.75) is 19.5 Å². The minimum atomic E-state index is 0.591. The third kappa shape index (κ3) is 0.956. The van der Waals surface area contributed by atoms with Crippen LogP contribution in [0.5, 0.6) is 0 Å². The van der Waals surface area contributed by atoms with Gasteiger partial charge >= 0.3 is 0 Å². The van der Waals surface area contributed by atoms with Gasteiger partial charge in [-0.3, -0.25) is 4.90 Å². The largest absolute Gasteiger partial charge is 0.305 e. The summed E-state index contributed by atoms with van der Waals surface area (Å²) in [6.45, 7) is 4.92. The van der Waals surface area contributed by atoms with Crippen molar-refractivity contribution < 1.29 is 0 Å². The van der Waals surface area contributed by atoms with Gasteiger partial charge in [-0.25, -0.2) is 0 Å². The summed E-state index contributed by atoms with van der Waals surface area (Å²) >= 11 is 0. The lowest BCUT2D eigenvalue weighted by molar-refractivity contribution is 0.208. The average molecular weight is 140 g/mol. The van der Waals surface area contributed by atoms with Crippen LogP contribution < -0.4 is 5.32 Å². The van der Waals surface area contributed by atoms with E-state index in [-0.39, 0.29) is 0 Å². The quantitative estimate of drug-likeness (QED) is 0.601. The highest BCUT2D eigenvalue weighted by Gasteiger charge is 2.45. The highest BCUT2D eigenvalue weighted by molar-refractivity contribution is 4.97. The fraction of sp³-hybridized carbons (Fsp3) is 1.00. The van der Waals surface area contributed by atoms with E-state index >= 15 is 0 Å². The molecule has 1 aliphatic heterocycles. The van der Waals surface area contributed by atoms with Crippen molar-refractivity contribution in [2.24, 2.45) is 11.8 Å². The van der Waals surface area contributed by atoms with E-state index in [0.29, 0.717) is 6.17 Å². The van der Waals surface area contributed by atoms with Gasteiger partial charge in [0, 0.05) is 13.1 Å². The zero-order chi connectivity index (χ0) is 7.14. The van der Waals surface area contributed by atoms with Crippen molar-refractivity contribution in [3.05, 3.63) is 0 Å². The van der Waals surface area contributed by atoms with Gasteiger partial charge in [-0.15, -0.1) is 0 Å². The fourth-order valence-corrected chi connectivity index (χ4v) is 1.93. The number of nitrogens with zero attached hydrogens (tertiary/aromatic N) is 1. The predicted octanol–water partition coefficient (Wildman–Crippen LogP) is 0.503. The summed E-state index contributed by atoms with van der Waals surface area (Å²) in [6, 6.07) is 0. The maximum Gasteiger partial charge on any atom is 0.0565 e. The van der Waals surface area contributed by atoms with Crippen molar-refractivity contribution in [3.8, 4) is 0 Å². The third-order valence-corrected chi connectivity index (χ3v) is 2.97. The normalized spacial score (nSPS) is 41.4. The Kier molecular flexibility index (Phi) is 1.46. The van der Waals surface area contributed by atoms with E-state index in [2.05, 4.69) is 17.1 Å². The van der Waals surface area contributed by atoms with Crippen LogP contribution in [0.2, 0.25) is 0 Å². The van der Waals surface area contributed by atoms with Crippen LogP contribution in [0.15, 0.2) is 0 Å². The molecule has 0 aromatic heterocycles. The molecule has 0 radical (unpaired) electrons. The maximum atomic E-state index is 3.27. The fourth-order valence-electron chi connectivity index (χ4n) is 1.93. The lowest BCUT2D eigenvalue weighted by Crippen LogP contribution is -2.41. The van der Waals surface area contributed by atoms with Crippen molar-refractivity contribution in [3.63, 3.8) is 0 Å². The SMILES string of the molecule is CNC(C)N1CC2CC2C1. The molecule has 2 aliphatic rings. The third-order valence-electron chi connectivity index (χ3n) is 2.97. The summed E-state index contributed by atoms with van der Waals surface area (Å²) in [4.78, 5) is 2.54. The number of rotatable bonds is 2. The minimum absolute atomic E-state index is 0.591. The molecular weight excluding hydrogens is 124 g/mol. The summed E-state index contributed by atoms with van der Waals surface area (Å²) in [5.74, 6) is 2.13. The average Bonchev–Trinajstić information content (AvgIpc) is 2.57. The first-order valence-electron chi connectivity index (χ1n) is 4.22. The number of piperidine rings is 1. The molecule has 10 heavy (non-hydrogen) atoms. The highest BCUT2D eigenvalue weighted by Crippen LogP contribution is 2.45. The summed E-state index contributed by atoms with van der Waals surface area (Å²) in [6.07, 6.45) is 2.10. The van der Waals surface area contributed by atoms with Crippen LogP contribution in [0.25, 0.3) is 0 Å². The van der Waals surface area contributed by atoms with Gasteiger partial charge in [0.2, 0.25) is 0 Å². The van der Waals surface area contributed by atoms with Crippen LogP contribution in [0, 0.1) is 11.8 Å². The van der Waals surface area contributed by atoms with Gasteiger partial charge in [-0.2, -0.15) is 0 Å². The Bertz CT molecular complexity index is 125. The number of fused-ring (bicyclic) bond motifs is 1. The second-order valence-corrected chi connectivity index (χ2v) is 3.67. The summed E-state index contributed by atoms with van der Waals surface area (Å²) in [7, 11) is 2.04. The smallest absolute Gasteiger partial charge is 0.0565 e. The lowest BCUT2D eigenvalue weighted by Gasteiger charge is -2.24. The molecule has 1 N–H and O–H groups in total. The van der Waals surface area contributed by atoms with Gasteiger partial charge in [0.15, 0.2) is 0 Å².